The normalized spacial score (nSPS) is 11.7. The van der Waals surface area contributed by atoms with E-state index in [0.717, 1.165) is 30.7 Å². The van der Waals surface area contributed by atoms with Gasteiger partial charge < -0.3 is 14.6 Å². The molecule has 0 radical (unpaired) electrons. The fourth-order valence-electron chi connectivity index (χ4n) is 2.67. The van der Waals surface area contributed by atoms with Crippen molar-refractivity contribution in [1.82, 2.24) is 14.5 Å². The van der Waals surface area contributed by atoms with Crippen LogP contribution < -0.4 is 5.32 Å². The third kappa shape index (κ3) is 5.76. The van der Waals surface area contributed by atoms with Gasteiger partial charge in [0.2, 0.25) is 5.91 Å². The number of ether oxygens (including phenoxy) is 1. The molecule has 1 N–H and O–H groups in total. The first-order chi connectivity index (χ1) is 13.5. The number of anilines is 1. The molecule has 0 saturated carbocycles. The minimum absolute atomic E-state index is 0.146. The van der Waals surface area contributed by atoms with E-state index in [1.54, 1.807) is 6.20 Å². The molecule has 0 fully saturated rings. The molecule has 1 aromatic carbocycles. The van der Waals surface area contributed by atoms with Crippen molar-refractivity contribution < 1.29 is 14.3 Å². The van der Waals surface area contributed by atoms with Crippen LogP contribution in [0.1, 0.15) is 31.2 Å². The highest BCUT2D eigenvalue weighted by Crippen LogP contribution is 2.14. The Bertz CT molecular complexity index is 779. The Balaban J connectivity index is 1.96. The van der Waals surface area contributed by atoms with Crippen LogP contribution in [-0.4, -0.2) is 45.3 Å². The number of carbonyl (C=O) groups excluding carboxylic acids is 2. The summed E-state index contributed by atoms with van der Waals surface area (Å²) in [6.07, 6.45) is 4.02. The molecule has 0 unspecified atom stereocenters. The standard InChI is InChI=1S/C20H28N4O3S/c1-4-5-11-17-21-12-18(24(17)3)22-19(25)16(14-28)23(2)20(26)27-13-15-9-7-6-8-10-15/h6-10,12,16,28H,4-5,11,13-14H2,1-3H3,(H,22,25)/t16-/m1/s1. The van der Waals surface area contributed by atoms with Crippen molar-refractivity contribution in [2.24, 2.45) is 7.05 Å². The predicted molar refractivity (Wildman–Crippen MR) is 112 cm³/mol. The second kappa shape index (κ2) is 10.8. The molecule has 1 aromatic heterocycles. The molecular weight excluding hydrogens is 376 g/mol. The van der Waals surface area contributed by atoms with E-state index in [-0.39, 0.29) is 18.3 Å². The van der Waals surface area contributed by atoms with Crippen molar-refractivity contribution in [3.8, 4) is 0 Å². The van der Waals surface area contributed by atoms with Crippen LogP contribution >= 0.6 is 12.6 Å². The van der Waals surface area contributed by atoms with E-state index in [1.165, 1.54) is 11.9 Å². The van der Waals surface area contributed by atoms with Crippen molar-refractivity contribution >= 4 is 30.4 Å². The monoisotopic (exact) mass is 404 g/mol. The van der Waals surface area contributed by atoms with Crippen molar-refractivity contribution in [2.75, 3.05) is 18.1 Å². The largest absolute Gasteiger partial charge is 0.445 e. The second-order valence-electron chi connectivity index (χ2n) is 6.56. The summed E-state index contributed by atoms with van der Waals surface area (Å²) in [6.45, 7) is 2.27. The highest BCUT2D eigenvalue weighted by Gasteiger charge is 2.27. The van der Waals surface area contributed by atoms with Crippen LogP contribution in [0.4, 0.5) is 10.6 Å². The minimum atomic E-state index is -0.763. The Kier molecular flexibility index (Phi) is 8.38. The van der Waals surface area contributed by atoms with Gasteiger partial charge in [0.1, 0.15) is 24.3 Å². The van der Waals surface area contributed by atoms with Gasteiger partial charge in [0.25, 0.3) is 0 Å². The second-order valence-corrected chi connectivity index (χ2v) is 6.93. The van der Waals surface area contributed by atoms with E-state index in [1.807, 2.05) is 41.9 Å². The summed E-state index contributed by atoms with van der Waals surface area (Å²) in [5.74, 6) is 1.34. The molecule has 7 nitrogen and oxygen atoms in total. The van der Waals surface area contributed by atoms with Crippen LogP contribution in [0.2, 0.25) is 0 Å². The van der Waals surface area contributed by atoms with Gasteiger partial charge in [-0.25, -0.2) is 9.78 Å². The van der Waals surface area contributed by atoms with Crippen LogP contribution in [0.15, 0.2) is 36.5 Å². The van der Waals surface area contributed by atoms with E-state index >= 15 is 0 Å². The molecule has 0 bridgehead atoms. The number of aryl methyl sites for hydroxylation is 1. The Morgan fingerprint density at radius 2 is 2.04 bits per heavy atom. The summed E-state index contributed by atoms with van der Waals surface area (Å²) in [7, 11) is 3.39. The number of hydrogen-bond donors (Lipinski definition) is 2. The van der Waals surface area contributed by atoms with E-state index in [0.29, 0.717) is 5.82 Å². The fourth-order valence-corrected chi connectivity index (χ4v) is 3.08. The number of imidazole rings is 1. The van der Waals surface area contributed by atoms with Crippen molar-refractivity contribution in [2.45, 2.75) is 38.8 Å². The molecule has 0 saturated heterocycles. The van der Waals surface area contributed by atoms with Crippen LogP contribution in [0, 0.1) is 0 Å². The van der Waals surface area contributed by atoms with E-state index in [9.17, 15) is 9.59 Å². The molecule has 0 aliphatic heterocycles. The first-order valence-electron chi connectivity index (χ1n) is 9.33. The third-order valence-electron chi connectivity index (χ3n) is 4.53. The van der Waals surface area contributed by atoms with E-state index in [2.05, 4.69) is 29.9 Å². The van der Waals surface area contributed by atoms with Crippen LogP contribution in [0.5, 0.6) is 0 Å². The molecule has 8 heteroatoms. The summed E-state index contributed by atoms with van der Waals surface area (Å²) >= 11 is 4.24. The fraction of sp³-hybridized carbons (Fsp3) is 0.450. The topological polar surface area (TPSA) is 76.5 Å². The lowest BCUT2D eigenvalue weighted by Crippen LogP contribution is -2.46. The SMILES string of the molecule is CCCCc1ncc(NC(=O)[C@@H](CS)N(C)C(=O)OCc2ccccc2)n1C. The highest BCUT2D eigenvalue weighted by atomic mass is 32.1. The van der Waals surface area contributed by atoms with Gasteiger partial charge in [-0.1, -0.05) is 43.7 Å². The quantitative estimate of drug-likeness (QED) is 0.629. The smallest absolute Gasteiger partial charge is 0.410 e. The number of likely N-dealkylation sites (N-methyl/N-ethyl adjacent to an activating group) is 1. The Morgan fingerprint density at radius 3 is 2.68 bits per heavy atom. The molecule has 0 spiro atoms. The predicted octanol–water partition coefficient (Wildman–Crippen LogP) is 3.27. The van der Waals surface area contributed by atoms with Gasteiger partial charge in [-0.15, -0.1) is 0 Å². The first kappa shape index (κ1) is 21.8. The third-order valence-corrected chi connectivity index (χ3v) is 4.87. The average molecular weight is 405 g/mol. The molecule has 2 aromatic rings. The number of aromatic nitrogens is 2. The number of hydrogen-bond acceptors (Lipinski definition) is 5. The number of nitrogens with zero attached hydrogens (tertiary/aromatic N) is 3. The molecule has 28 heavy (non-hydrogen) atoms. The zero-order chi connectivity index (χ0) is 20.5. The van der Waals surface area contributed by atoms with Crippen LogP contribution in [-0.2, 0) is 29.6 Å². The number of thiol groups is 1. The number of unbranched alkanes of at least 4 members (excludes halogenated alkanes) is 1. The van der Waals surface area contributed by atoms with Gasteiger partial charge in [0, 0.05) is 26.3 Å². The van der Waals surface area contributed by atoms with Crippen molar-refractivity contribution in [3.05, 3.63) is 47.9 Å². The highest BCUT2D eigenvalue weighted by molar-refractivity contribution is 7.80. The van der Waals surface area contributed by atoms with E-state index < -0.39 is 12.1 Å². The minimum Gasteiger partial charge on any atom is -0.445 e. The summed E-state index contributed by atoms with van der Waals surface area (Å²) in [4.78, 5) is 30.6. The van der Waals surface area contributed by atoms with Crippen molar-refractivity contribution in [1.29, 1.82) is 0 Å². The number of carbonyl (C=O) groups is 2. The summed E-state index contributed by atoms with van der Waals surface area (Å²) in [5.41, 5.74) is 0.880. The molecule has 2 rings (SSSR count). The number of benzene rings is 1. The molecule has 1 heterocycles. The maximum absolute atomic E-state index is 12.7. The first-order valence-corrected chi connectivity index (χ1v) is 9.97. The number of nitrogens with one attached hydrogen (secondary N) is 1. The molecule has 0 aliphatic carbocycles. The molecule has 0 aliphatic rings. The maximum atomic E-state index is 12.7. The van der Waals surface area contributed by atoms with E-state index in [4.69, 9.17) is 4.74 Å². The van der Waals surface area contributed by atoms with Gasteiger partial charge in [-0.2, -0.15) is 12.6 Å². The Morgan fingerprint density at radius 1 is 1.32 bits per heavy atom. The maximum Gasteiger partial charge on any atom is 0.410 e. The lowest BCUT2D eigenvalue weighted by Gasteiger charge is -2.25. The molecule has 152 valence electrons. The van der Waals surface area contributed by atoms with Gasteiger partial charge >= 0.3 is 6.09 Å². The number of rotatable bonds is 9. The van der Waals surface area contributed by atoms with Crippen LogP contribution in [0.25, 0.3) is 0 Å². The number of amides is 2. The molecule has 1 atom stereocenters. The van der Waals surface area contributed by atoms with Gasteiger partial charge in [-0.3, -0.25) is 9.69 Å². The Labute approximate surface area is 171 Å². The zero-order valence-corrected chi connectivity index (χ0v) is 17.5. The average Bonchev–Trinajstić information content (AvgIpc) is 3.05. The van der Waals surface area contributed by atoms with Gasteiger partial charge in [0.05, 0.1) is 6.20 Å². The summed E-state index contributed by atoms with van der Waals surface area (Å²) in [5, 5.41) is 2.83. The molecule has 2 amide bonds. The van der Waals surface area contributed by atoms with Crippen molar-refractivity contribution in [3.63, 3.8) is 0 Å². The van der Waals surface area contributed by atoms with Crippen LogP contribution in [0.3, 0.4) is 0 Å². The summed E-state index contributed by atoms with van der Waals surface area (Å²) in [6, 6.07) is 8.62. The Hall–Kier alpha value is -2.48. The van der Waals surface area contributed by atoms with Gasteiger partial charge in [-0.05, 0) is 12.0 Å². The van der Waals surface area contributed by atoms with Gasteiger partial charge in [0.15, 0.2) is 0 Å². The zero-order valence-electron chi connectivity index (χ0n) is 16.6. The lowest BCUT2D eigenvalue weighted by atomic mass is 10.2. The lowest BCUT2D eigenvalue weighted by molar-refractivity contribution is -0.119. The summed E-state index contributed by atoms with van der Waals surface area (Å²) < 4.78 is 7.16. The molecular formula is C20H28N4O3S.